The second-order valence-corrected chi connectivity index (χ2v) is 8.30. The van der Waals surface area contributed by atoms with Gasteiger partial charge in [0, 0.05) is 13.0 Å². The first-order chi connectivity index (χ1) is 12.6. The van der Waals surface area contributed by atoms with Crippen LogP contribution in [-0.2, 0) is 16.0 Å². The Bertz CT molecular complexity index is 637. The Kier molecular flexibility index (Phi) is 5.28. The molecule has 3 aliphatic heterocycles. The molecule has 3 saturated heterocycles. The zero-order valence-corrected chi connectivity index (χ0v) is 15.4. The number of carbonyl (C=O) groups excluding carboxylic acids is 1. The quantitative estimate of drug-likeness (QED) is 0.839. The van der Waals surface area contributed by atoms with Crippen LogP contribution in [0.3, 0.4) is 0 Å². The van der Waals surface area contributed by atoms with E-state index in [0.717, 1.165) is 76.8 Å². The van der Waals surface area contributed by atoms with Crippen LogP contribution >= 0.6 is 0 Å². The fraction of sp³-hybridized carbons (Fsp3) is 0.667. The highest BCUT2D eigenvalue weighted by molar-refractivity contribution is 5.79. The summed E-state index contributed by atoms with van der Waals surface area (Å²) >= 11 is 0. The molecule has 3 heterocycles. The molecule has 5 heteroatoms. The minimum atomic E-state index is -0.223. The number of piperidine rings is 2. The minimum Gasteiger partial charge on any atom is -0.461 e. The van der Waals surface area contributed by atoms with Gasteiger partial charge in [-0.15, -0.1) is 0 Å². The van der Waals surface area contributed by atoms with Crippen LogP contribution in [0, 0.1) is 17.2 Å². The number of benzene rings is 1. The van der Waals surface area contributed by atoms with Crippen LogP contribution in [0.15, 0.2) is 24.3 Å². The van der Waals surface area contributed by atoms with Crippen molar-refractivity contribution in [1.29, 1.82) is 0 Å². The van der Waals surface area contributed by atoms with E-state index in [-0.39, 0.29) is 23.3 Å². The third-order valence-corrected chi connectivity index (χ3v) is 6.52. The molecule has 0 amide bonds. The van der Waals surface area contributed by atoms with E-state index in [9.17, 15) is 9.18 Å². The molecule has 4 nitrogen and oxygen atoms in total. The molecule has 0 aliphatic carbocycles. The summed E-state index contributed by atoms with van der Waals surface area (Å²) in [5.41, 5.74) is 0.613. The fourth-order valence-corrected chi connectivity index (χ4v) is 4.89. The number of ether oxygens (including phenoxy) is 1. The van der Waals surface area contributed by atoms with Crippen molar-refractivity contribution in [2.24, 2.45) is 11.3 Å². The maximum atomic E-state index is 13.8. The maximum Gasteiger partial charge on any atom is 0.312 e. The molecule has 1 spiro atoms. The zero-order valence-electron chi connectivity index (χ0n) is 15.4. The Morgan fingerprint density at radius 2 is 1.92 bits per heavy atom. The average molecular weight is 360 g/mol. The summed E-state index contributed by atoms with van der Waals surface area (Å²) in [4.78, 5) is 14.8. The number of carbonyl (C=O) groups is 1. The Morgan fingerprint density at radius 3 is 2.65 bits per heavy atom. The Labute approximate surface area is 155 Å². The van der Waals surface area contributed by atoms with Gasteiger partial charge in [0.2, 0.25) is 0 Å². The lowest BCUT2D eigenvalue weighted by Gasteiger charge is -2.33. The lowest BCUT2D eigenvalue weighted by Crippen LogP contribution is -2.40. The number of hydrogen-bond acceptors (Lipinski definition) is 4. The van der Waals surface area contributed by atoms with Gasteiger partial charge < -0.3 is 10.1 Å². The van der Waals surface area contributed by atoms with Gasteiger partial charge in [-0.1, -0.05) is 18.2 Å². The molecular formula is C21H29FN2O2. The van der Waals surface area contributed by atoms with E-state index in [1.807, 2.05) is 12.1 Å². The van der Waals surface area contributed by atoms with Crippen LogP contribution in [-0.4, -0.2) is 49.7 Å². The molecule has 1 unspecified atom stereocenters. The second kappa shape index (κ2) is 7.65. The zero-order chi connectivity index (χ0) is 18.0. The van der Waals surface area contributed by atoms with E-state index < -0.39 is 0 Å². The Morgan fingerprint density at radius 1 is 1.19 bits per heavy atom. The summed E-state index contributed by atoms with van der Waals surface area (Å²) in [5, 5.41) is 3.34. The van der Waals surface area contributed by atoms with Crippen LogP contribution in [0.4, 0.5) is 4.39 Å². The van der Waals surface area contributed by atoms with Crippen LogP contribution in [0.25, 0.3) is 0 Å². The maximum absolute atomic E-state index is 13.8. The topological polar surface area (TPSA) is 41.6 Å². The van der Waals surface area contributed by atoms with E-state index in [2.05, 4.69) is 10.2 Å². The predicted molar refractivity (Wildman–Crippen MR) is 98.3 cm³/mol. The summed E-state index contributed by atoms with van der Waals surface area (Å²) in [6, 6.07) is 7.12. The van der Waals surface area contributed by atoms with Crippen molar-refractivity contribution >= 4 is 5.97 Å². The highest BCUT2D eigenvalue weighted by Gasteiger charge is 2.49. The summed E-state index contributed by atoms with van der Waals surface area (Å²) < 4.78 is 19.6. The summed E-state index contributed by atoms with van der Waals surface area (Å²) in [6.07, 6.45) is 5.75. The fourth-order valence-electron chi connectivity index (χ4n) is 4.89. The van der Waals surface area contributed by atoms with Crippen molar-refractivity contribution in [2.45, 2.75) is 44.6 Å². The minimum absolute atomic E-state index is 0.0263. The molecule has 3 fully saturated rings. The number of nitrogens with zero attached hydrogens (tertiary/aromatic N) is 1. The lowest BCUT2D eigenvalue weighted by atomic mass is 9.76. The Balaban J connectivity index is 1.25. The number of esters is 1. The molecule has 0 radical (unpaired) electrons. The highest BCUT2D eigenvalue weighted by Crippen LogP contribution is 2.41. The summed E-state index contributed by atoms with van der Waals surface area (Å²) in [6.45, 7) is 4.73. The number of cyclic esters (lactones) is 1. The monoisotopic (exact) mass is 360 g/mol. The van der Waals surface area contributed by atoms with Crippen molar-refractivity contribution in [2.75, 3.05) is 32.7 Å². The van der Waals surface area contributed by atoms with Gasteiger partial charge >= 0.3 is 5.97 Å². The van der Waals surface area contributed by atoms with Crippen molar-refractivity contribution < 1.29 is 13.9 Å². The molecule has 3 aliphatic rings. The lowest BCUT2D eigenvalue weighted by molar-refractivity contribution is -0.150. The molecule has 1 aromatic rings. The molecule has 1 aromatic carbocycles. The third kappa shape index (κ3) is 3.79. The SMILES string of the molecule is O=C1OC(CN2CCC(Cc3ccccc3F)CC2)CC12CCNCC2. The van der Waals surface area contributed by atoms with Crippen molar-refractivity contribution in [1.82, 2.24) is 10.2 Å². The van der Waals surface area contributed by atoms with Gasteiger partial charge in [0.1, 0.15) is 11.9 Å². The summed E-state index contributed by atoms with van der Waals surface area (Å²) in [5.74, 6) is 0.489. The third-order valence-electron chi connectivity index (χ3n) is 6.52. The largest absolute Gasteiger partial charge is 0.461 e. The van der Waals surface area contributed by atoms with Gasteiger partial charge in [-0.3, -0.25) is 9.69 Å². The molecule has 0 aromatic heterocycles. The van der Waals surface area contributed by atoms with E-state index in [0.29, 0.717) is 5.92 Å². The molecule has 0 saturated carbocycles. The van der Waals surface area contributed by atoms with Gasteiger partial charge in [0.15, 0.2) is 0 Å². The number of halogens is 1. The molecule has 1 N–H and O–H groups in total. The van der Waals surface area contributed by atoms with Crippen molar-refractivity contribution in [3.63, 3.8) is 0 Å². The first-order valence-corrected chi connectivity index (χ1v) is 10.0. The molecule has 4 rings (SSSR count). The van der Waals surface area contributed by atoms with Gasteiger partial charge in [-0.25, -0.2) is 4.39 Å². The van der Waals surface area contributed by atoms with Crippen LogP contribution in [0.2, 0.25) is 0 Å². The first-order valence-electron chi connectivity index (χ1n) is 10.0. The molecule has 0 bridgehead atoms. The molecule has 142 valence electrons. The number of hydrogen-bond donors (Lipinski definition) is 1. The molecular weight excluding hydrogens is 331 g/mol. The van der Waals surface area contributed by atoms with Crippen LogP contribution in [0.5, 0.6) is 0 Å². The first kappa shape index (κ1) is 17.9. The van der Waals surface area contributed by atoms with Crippen LogP contribution < -0.4 is 5.32 Å². The smallest absolute Gasteiger partial charge is 0.312 e. The van der Waals surface area contributed by atoms with Crippen molar-refractivity contribution in [3.8, 4) is 0 Å². The number of likely N-dealkylation sites (tertiary alicyclic amines) is 1. The van der Waals surface area contributed by atoms with Gasteiger partial charge in [0.25, 0.3) is 0 Å². The second-order valence-electron chi connectivity index (χ2n) is 8.30. The van der Waals surface area contributed by atoms with Gasteiger partial charge in [0.05, 0.1) is 5.41 Å². The average Bonchev–Trinajstić information content (AvgIpc) is 2.94. The number of rotatable bonds is 4. The van der Waals surface area contributed by atoms with Gasteiger partial charge in [-0.05, 0) is 75.8 Å². The molecule has 1 atom stereocenters. The molecule has 26 heavy (non-hydrogen) atoms. The van der Waals surface area contributed by atoms with E-state index in [4.69, 9.17) is 4.74 Å². The predicted octanol–water partition coefficient (Wildman–Crippen LogP) is 2.77. The van der Waals surface area contributed by atoms with E-state index in [1.165, 1.54) is 0 Å². The van der Waals surface area contributed by atoms with E-state index in [1.54, 1.807) is 12.1 Å². The van der Waals surface area contributed by atoms with E-state index >= 15 is 0 Å². The van der Waals surface area contributed by atoms with Gasteiger partial charge in [-0.2, -0.15) is 0 Å². The number of nitrogens with one attached hydrogen (secondary N) is 1. The summed E-state index contributed by atoms with van der Waals surface area (Å²) in [7, 11) is 0. The normalized spacial score (nSPS) is 27.0. The Hall–Kier alpha value is -1.46. The standard InChI is InChI=1S/C21H29FN2O2/c22-19-4-2-1-3-17(19)13-16-5-11-24(12-6-16)15-18-14-21(20(25)26-18)7-9-23-10-8-21/h1-4,16,18,23H,5-15H2. The van der Waals surface area contributed by atoms with Crippen molar-refractivity contribution in [3.05, 3.63) is 35.6 Å². The van der Waals surface area contributed by atoms with Crippen LogP contribution in [0.1, 0.15) is 37.7 Å². The highest BCUT2D eigenvalue weighted by atomic mass is 19.1.